The molecule has 5 N–H and O–H groups in total. The van der Waals surface area contributed by atoms with Crippen LogP contribution in [-0.2, 0) is 43.8 Å². The second-order valence-corrected chi connectivity index (χ2v) is 14.4. The minimum absolute atomic E-state index is 0.000480. The highest BCUT2D eigenvalue weighted by Crippen LogP contribution is 2.21. The van der Waals surface area contributed by atoms with Gasteiger partial charge in [0.1, 0.15) is 36.0 Å². The Morgan fingerprint density at radius 3 is 2.45 bits per heavy atom. The molecule has 2 bridgehead atoms. The molecule has 2 aliphatic heterocycles. The maximum absolute atomic E-state index is 14.6. The summed E-state index contributed by atoms with van der Waals surface area (Å²) in [6.07, 6.45) is 1.79. The third-order valence-electron chi connectivity index (χ3n) is 9.94. The SMILES string of the molecule is COCCN1CC(=O)N[C@@H](C(C)C)C(=O)NCCOc2ccc(cc2)C[C@H](NC(=O)c2c(C)cc(C)n(C)c2=O)C(=O)N[C@@H](Cc2c[nH]c3ccccc23)C1=O. The van der Waals surface area contributed by atoms with Crippen molar-refractivity contribution in [2.24, 2.45) is 13.0 Å². The smallest absolute Gasteiger partial charge is 0.263 e. The molecule has 0 radical (unpaired) electrons. The molecular weight excluding hydrogens is 718 g/mol. The predicted molar refractivity (Wildman–Crippen MR) is 210 cm³/mol. The van der Waals surface area contributed by atoms with E-state index in [9.17, 15) is 28.8 Å². The minimum atomic E-state index is -1.23. The molecule has 3 atom stereocenters. The predicted octanol–water partition coefficient (Wildman–Crippen LogP) is 1.68. The van der Waals surface area contributed by atoms with E-state index in [1.165, 1.54) is 16.6 Å². The maximum atomic E-state index is 14.6. The van der Waals surface area contributed by atoms with Crippen molar-refractivity contribution < 1.29 is 33.4 Å². The molecule has 2 aliphatic rings. The average Bonchev–Trinajstić information content (AvgIpc) is 3.58. The van der Waals surface area contributed by atoms with Crippen molar-refractivity contribution in [1.82, 2.24) is 35.7 Å². The number of aryl methyl sites for hydroxylation is 2. The fraction of sp³-hybridized carbons (Fsp3) is 0.415. The molecule has 5 amide bonds. The minimum Gasteiger partial charge on any atom is -0.492 e. The second-order valence-electron chi connectivity index (χ2n) is 14.4. The zero-order chi connectivity index (χ0) is 40.5. The molecule has 0 unspecified atom stereocenters. The van der Waals surface area contributed by atoms with E-state index in [1.807, 2.05) is 24.3 Å². The quantitative estimate of drug-likeness (QED) is 0.167. The first-order chi connectivity index (χ1) is 26.8. The van der Waals surface area contributed by atoms with E-state index in [1.54, 1.807) is 71.3 Å². The van der Waals surface area contributed by atoms with Gasteiger partial charge in [0.15, 0.2) is 0 Å². The number of nitrogens with zero attached hydrogens (tertiary/aromatic N) is 2. The van der Waals surface area contributed by atoms with Crippen LogP contribution in [0.1, 0.15) is 46.6 Å². The normalized spacial score (nSPS) is 19.0. The number of aromatic amines is 1. The number of nitrogens with one attached hydrogen (secondary N) is 5. The number of pyridine rings is 1. The summed E-state index contributed by atoms with van der Waals surface area (Å²) >= 11 is 0. The molecule has 6 rings (SSSR count). The number of carbonyl (C=O) groups is 5. The van der Waals surface area contributed by atoms with Gasteiger partial charge in [-0.2, -0.15) is 0 Å². The lowest BCUT2D eigenvalue weighted by Gasteiger charge is -2.30. The molecule has 15 nitrogen and oxygen atoms in total. The summed E-state index contributed by atoms with van der Waals surface area (Å²) in [4.78, 5) is 87.5. The Labute approximate surface area is 325 Å². The van der Waals surface area contributed by atoms with Gasteiger partial charge in [-0.05, 0) is 60.7 Å². The molecule has 0 aliphatic carbocycles. The van der Waals surface area contributed by atoms with Crippen molar-refractivity contribution >= 4 is 40.4 Å². The highest BCUT2D eigenvalue weighted by molar-refractivity contribution is 6.00. The van der Waals surface area contributed by atoms with Gasteiger partial charge in [0, 0.05) is 56.3 Å². The first kappa shape index (κ1) is 41.2. The van der Waals surface area contributed by atoms with Crippen LogP contribution >= 0.6 is 0 Å². The molecule has 15 heteroatoms. The second kappa shape index (κ2) is 18.6. The molecule has 2 aromatic heterocycles. The standard InChI is InChI=1S/C41H51N7O8/c1-24(2)36-39(52)42-15-17-56-29-13-11-27(12-14-29)20-32(44-38(51)35-25(3)19-26(4)47(5)41(35)54)37(50)45-33(21-28-22-43-31-10-8-7-9-30(28)31)40(53)48(16-18-55-6)23-34(49)46-36/h7-14,19,22,24,32-33,36,43H,15-18,20-21,23H2,1-6H3,(H,42,52)(H,44,51)(H,45,50)(H,46,49)/t32-,33-,36-/m0/s1. The number of para-hydroxylation sites is 1. The summed E-state index contributed by atoms with van der Waals surface area (Å²) in [6, 6.07) is 12.8. The van der Waals surface area contributed by atoms with Crippen molar-refractivity contribution in [3.63, 3.8) is 0 Å². The zero-order valence-corrected chi connectivity index (χ0v) is 32.7. The van der Waals surface area contributed by atoms with Gasteiger partial charge in [-0.1, -0.05) is 44.2 Å². The largest absolute Gasteiger partial charge is 0.492 e. The number of methoxy groups -OCH3 is 1. The molecule has 4 heterocycles. The van der Waals surface area contributed by atoms with Gasteiger partial charge < -0.3 is 45.2 Å². The fourth-order valence-corrected chi connectivity index (χ4v) is 6.71. The van der Waals surface area contributed by atoms with E-state index in [0.717, 1.165) is 16.5 Å². The van der Waals surface area contributed by atoms with Gasteiger partial charge in [-0.15, -0.1) is 0 Å². The molecule has 56 heavy (non-hydrogen) atoms. The lowest BCUT2D eigenvalue weighted by atomic mass is 10.0. The number of H-pyrrole nitrogens is 1. The van der Waals surface area contributed by atoms with Gasteiger partial charge in [0.2, 0.25) is 23.6 Å². The van der Waals surface area contributed by atoms with E-state index in [0.29, 0.717) is 22.6 Å². The topological polar surface area (TPSA) is 193 Å². The number of benzene rings is 2. The summed E-state index contributed by atoms with van der Waals surface area (Å²) in [5.41, 5.74) is 2.73. The van der Waals surface area contributed by atoms with Crippen LogP contribution in [0.3, 0.4) is 0 Å². The highest BCUT2D eigenvalue weighted by atomic mass is 16.5. The number of amides is 5. The van der Waals surface area contributed by atoms with Crippen LogP contribution in [0, 0.1) is 19.8 Å². The third-order valence-corrected chi connectivity index (χ3v) is 9.94. The van der Waals surface area contributed by atoms with E-state index in [-0.39, 0.29) is 50.6 Å². The fourth-order valence-electron chi connectivity index (χ4n) is 6.71. The first-order valence-corrected chi connectivity index (χ1v) is 18.7. The number of fused-ring (bicyclic) bond motifs is 18. The van der Waals surface area contributed by atoms with Crippen LogP contribution in [0.5, 0.6) is 5.75 Å². The summed E-state index contributed by atoms with van der Waals surface area (Å²) < 4.78 is 12.5. The number of rotatable bonds is 8. The molecule has 2 aromatic carbocycles. The number of carbonyl (C=O) groups excluding carboxylic acids is 5. The van der Waals surface area contributed by atoms with Gasteiger partial charge >= 0.3 is 0 Å². The summed E-state index contributed by atoms with van der Waals surface area (Å²) in [5, 5.41) is 12.1. The highest BCUT2D eigenvalue weighted by Gasteiger charge is 2.33. The molecule has 0 saturated heterocycles. The van der Waals surface area contributed by atoms with Gasteiger partial charge in [-0.25, -0.2) is 0 Å². The van der Waals surface area contributed by atoms with Gasteiger partial charge in [-0.3, -0.25) is 28.8 Å². The van der Waals surface area contributed by atoms with Crippen LogP contribution in [0.4, 0.5) is 0 Å². The molecule has 4 aromatic rings. The number of hydrogen-bond acceptors (Lipinski definition) is 8. The van der Waals surface area contributed by atoms with Crippen LogP contribution in [0.25, 0.3) is 10.9 Å². The molecule has 298 valence electrons. The van der Waals surface area contributed by atoms with Crippen molar-refractivity contribution in [3.8, 4) is 5.75 Å². The summed E-state index contributed by atoms with van der Waals surface area (Å²) in [7, 11) is 3.03. The maximum Gasteiger partial charge on any atom is 0.263 e. The van der Waals surface area contributed by atoms with E-state index in [4.69, 9.17) is 9.47 Å². The van der Waals surface area contributed by atoms with E-state index in [2.05, 4.69) is 26.3 Å². The number of ether oxygens (including phenoxy) is 2. The van der Waals surface area contributed by atoms with E-state index < -0.39 is 59.8 Å². The Morgan fingerprint density at radius 1 is 1.00 bits per heavy atom. The average molecular weight is 770 g/mol. The van der Waals surface area contributed by atoms with Crippen molar-refractivity contribution in [2.45, 2.75) is 58.7 Å². The Kier molecular flexibility index (Phi) is 13.7. The number of aromatic nitrogens is 2. The van der Waals surface area contributed by atoms with E-state index >= 15 is 0 Å². The van der Waals surface area contributed by atoms with Gasteiger partial charge in [0.25, 0.3) is 11.5 Å². The molecular formula is C41H51N7O8. The molecule has 0 saturated carbocycles. The lowest BCUT2D eigenvalue weighted by Crippen LogP contribution is -2.58. The van der Waals surface area contributed by atoms with Crippen LogP contribution in [-0.4, -0.2) is 102 Å². The van der Waals surface area contributed by atoms with Crippen molar-refractivity contribution in [1.29, 1.82) is 0 Å². The zero-order valence-electron chi connectivity index (χ0n) is 32.7. The Morgan fingerprint density at radius 2 is 1.73 bits per heavy atom. The Bertz CT molecular complexity index is 2120. The molecule has 0 spiro atoms. The van der Waals surface area contributed by atoms with Crippen LogP contribution in [0.15, 0.2) is 65.6 Å². The number of hydrogen-bond donors (Lipinski definition) is 5. The van der Waals surface area contributed by atoms with Crippen LogP contribution in [0.2, 0.25) is 0 Å². The third kappa shape index (κ3) is 10.0. The first-order valence-electron chi connectivity index (χ1n) is 18.7. The van der Waals surface area contributed by atoms with Crippen LogP contribution < -0.4 is 31.6 Å². The van der Waals surface area contributed by atoms with Crippen molar-refractivity contribution in [3.05, 3.63) is 99.1 Å². The van der Waals surface area contributed by atoms with Gasteiger partial charge in [0.05, 0.1) is 19.7 Å². The Balaban J connectivity index is 1.56. The molecule has 0 fully saturated rings. The van der Waals surface area contributed by atoms with Crippen molar-refractivity contribution in [2.75, 3.05) is 40.0 Å². The summed E-state index contributed by atoms with van der Waals surface area (Å²) in [6.45, 7) is 6.99. The summed E-state index contributed by atoms with van der Waals surface area (Å²) in [5.74, 6) is -2.74. The Hall–Kier alpha value is -5.96. The monoisotopic (exact) mass is 769 g/mol. The lowest BCUT2D eigenvalue weighted by molar-refractivity contribution is -0.141.